The molecule has 0 fully saturated rings. The number of methoxy groups -OCH3 is 1. The monoisotopic (exact) mass is 470 g/mol. The fraction of sp³-hybridized carbons (Fsp3) is 0.0476. The lowest BCUT2D eigenvalue weighted by Crippen LogP contribution is -2.34. The number of carbonyl (C=O) groups excluding carboxylic acids is 1. The van der Waals surface area contributed by atoms with Crippen molar-refractivity contribution in [3.05, 3.63) is 83.3 Å². The molecule has 3 aromatic rings. The zero-order valence-electron chi connectivity index (χ0n) is 16.7. The van der Waals surface area contributed by atoms with Gasteiger partial charge in [0.15, 0.2) is 5.11 Å². The summed E-state index contributed by atoms with van der Waals surface area (Å²) in [6.45, 7) is 0. The van der Waals surface area contributed by atoms with Crippen LogP contribution in [0.3, 0.4) is 0 Å². The molecule has 0 heterocycles. The van der Waals surface area contributed by atoms with Crippen LogP contribution < -0.4 is 20.1 Å². The molecule has 0 aliphatic heterocycles. The maximum atomic E-state index is 12.6. The zero-order valence-corrected chi connectivity index (χ0v) is 18.4. The molecule has 0 saturated heterocycles. The number of nitrogens with zero attached hydrogens (tertiary/aromatic N) is 1. The van der Waals surface area contributed by atoms with Crippen LogP contribution in [0.2, 0.25) is 0 Å². The van der Waals surface area contributed by atoms with Gasteiger partial charge in [0.05, 0.1) is 17.6 Å². The maximum Gasteiger partial charge on any atom is 0.261 e. The SMILES string of the molecule is COc1ccc(NS(=O)(=O)c2ccc(NC(=S)NC(=O)c3ccccc3N=O)cc2)cc1. The summed E-state index contributed by atoms with van der Waals surface area (Å²) in [5.41, 5.74) is 0.923. The summed E-state index contributed by atoms with van der Waals surface area (Å²) >= 11 is 5.11. The van der Waals surface area contributed by atoms with Crippen molar-refractivity contribution in [2.75, 3.05) is 17.1 Å². The number of sulfonamides is 1. The van der Waals surface area contributed by atoms with Gasteiger partial charge < -0.3 is 10.1 Å². The maximum absolute atomic E-state index is 12.6. The molecule has 0 saturated carbocycles. The Morgan fingerprint density at radius 2 is 1.56 bits per heavy atom. The van der Waals surface area contributed by atoms with E-state index in [0.717, 1.165) is 0 Å². The minimum Gasteiger partial charge on any atom is -0.497 e. The molecule has 0 aromatic heterocycles. The van der Waals surface area contributed by atoms with Crippen LogP contribution in [0, 0.1) is 4.91 Å². The smallest absolute Gasteiger partial charge is 0.261 e. The van der Waals surface area contributed by atoms with Crippen LogP contribution in [0.5, 0.6) is 5.75 Å². The average Bonchev–Trinajstić information content (AvgIpc) is 2.79. The second-order valence-corrected chi connectivity index (χ2v) is 8.47. The molecule has 0 spiro atoms. The molecule has 32 heavy (non-hydrogen) atoms. The highest BCUT2D eigenvalue weighted by atomic mass is 32.2. The van der Waals surface area contributed by atoms with Crippen LogP contribution in [0.25, 0.3) is 0 Å². The Kier molecular flexibility index (Phi) is 7.13. The van der Waals surface area contributed by atoms with Crippen molar-refractivity contribution in [1.82, 2.24) is 5.32 Å². The number of amides is 1. The van der Waals surface area contributed by atoms with E-state index in [0.29, 0.717) is 17.1 Å². The third kappa shape index (κ3) is 5.65. The van der Waals surface area contributed by atoms with Crippen molar-refractivity contribution in [2.45, 2.75) is 4.90 Å². The van der Waals surface area contributed by atoms with Crippen molar-refractivity contribution >= 4 is 50.3 Å². The van der Waals surface area contributed by atoms with Crippen molar-refractivity contribution in [2.24, 2.45) is 5.18 Å². The summed E-state index contributed by atoms with van der Waals surface area (Å²) in [7, 11) is -2.28. The minimum atomic E-state index is -3.80. The molecule has 0 aliphatic carbocycles. The van der Waals surface area contributed by atoms with Gasteiger partial charge in [0.25, 0.3) is 15.9 Å². The van der Waals surface area contributed by atoms with Crippen molar-refractivity contribution < 1.29 is 17.9 Å². The first-order valence-corrected chi connectivity index (χ1v) is 11.0. The van der Waals surface area contributed by atoms with Gasteiger partial charge in [0.2, 0.25) is 0 Å². The number of nitrogens with one attached hydrogen (secondary N) is 3. The number of nitroso groups, excluding NO2 is 1. The van der Waals surface area contributed by atoms with E-state index in [1.165, 1.54) is 43.5 Å². The fourth-order valence-electron chi connectivity index (χ4n) is 2.67. The first kappa shape index (κ1) is 22.8. The van der Waals surface area contributed by atoms with Crippen LogP contribution in [0.4, 0.5) is 17.1 Å². The van der Waals surface area contributed by atoms with E-state index >= 15 is 0 Å². The number of hydrogen-bond acceptors (Lipinski definition) is 7. The predicted octanol–water partition coefficient (Wildman–Crippen LogP) is 4.02. The standard InChI is InChI=1S/C21H18N4O5S2/c1-30-16-10-6-15(7-11-16)25-32(28,29)17-12-8-14(9-13-17)22-21(31)23-20(26)18-4-2-3-5-19(18)24-27/h2-13,25H,1H3,(H2,22,23,26,31). The number of thiocarbonyl (C=S) groups is 1. The quantitative estimate of drug-likeness (QED) is 0.352. The molecule has 0 unspecified atom stereocenters. The second-order valence-electron chi connectivity index (χ2n) is 6.38. The summed E-state index contributed by atoms with van der Waals surface area (Å²) < 4.78 is 32.7. The number of ether oxygens (including phenoxy) is 1. The van der Waals surface area contributed by atoms with Crippen LogP contribution in [0.15, 0.2) is 82.9 Å². The summed E-state index contributed by atoms with van der Waals surface area (Å²) in [6.07, 6.45) is 0. The lowest BCUT2D eigenvalue weighted by Gasteiger charge is -2.12. The van der Waals surface area contributed by atoms with Crippen LogP contribution in [-0.4, -0.2) is 26.5 Å². The highest BCUT2D eigenvalue weighted by Gasteiger charge is 2.15. The Labute approximate surface area is 189 Å². The number of hydrogen-bond donors (Lipinski definition) is 3. The van der Waals surface area contributed by atoms with Crippen molar-refractivity contribution in [1.29, 1.82) is 0 Å². The number of anilines is 2. The van der Waals surface area contributed by atoms with E-state index in [9.17, 15) is 18.1 Å². The normalized spacial score (nSPS) is 10.7. The van der Waals surface area contributed by atoms with Gasteiger partial charge in [-0.05, 0) is 78.1 Å². The largest absolute Gasteiger partial charge is 0.497 e. The van der Waals surface area contributed by atoms with Gasteiger partial charge in [-0.2, -0.15) is 0 Å². The molecule has 3 aromatic carbocycles. The molecule has 0 radical (unpaired) electrons. The van der Waals surface area contributed by atoms with Crippen LogP contribution >= 0.6 is 12.2 Å². The highest BCUT2D eigenvalue weighted by Crippen LogP contribution is 2.21. The molecule has 9 nitrogen and oxygen atoms in total. The predicted molar refractivity (Wildman–Crippen MR) is 126 cm³/mol. The Hall–Kier alpha value is -3.83. The number of rotatable bonds is 7. The van der Waals surface area contributed by atoms with Gasteiger partial charge in [-0.1, -0.05) is 12.1 Å². The molecular weight excluding hydrogens is 452 g/mol. The third-order valence-electron chi connectivity index (χ3n) is 4.24. The Bertz CT molecular complexity index is 1240. The van der Waals surface area contributed by atoms with Gasteiger partial charge in [-0.25, -0.2) is 8.42 Å². The fourth-order valence-corrected chi connectivity index (χ4v) is 3.94. The molecule has 164 valence electrons. The zero-order chi connectivity index (χ0) is 23.1. The van der Waals surface area contributed by atoms with Crippen LogP contribution in [0.1, 0.15) is 10.4 Å². The van der Waals surface area contributed by atoms with E-state index in [1.807, 2.05) is 0 Å². The highest BCUT2D eigenvalue weighted by molar-refractivity contribution is 7.92. The molecule has 0 bridgehead atoms. The van der Waals surface area contributed by atoms with E-state index < -0.39 is 15.9 Å². The summed E-state index contributed by atoms with van der Waals surface area (Å²) in [6, 6.07) is 18.3. The number of carbonyl (C=O) groups is 1. The molecule has 0 aliphatic rings. The second kappa shape index (κ2) is 9.98. The van der Waals surface area contributed by atoms with E-state index in [4.69, 9.17) is 17.0 Å². The Morgan fingerprint density at radius 3 is 2.19 bits per heavy atom. The molecule has 3 rings (SSSR count). The lowest BCUT2D eigenvalue weighted by atomic mass is 10.2. The van der Waals surface area contributed by atoms with Crippen molar-refractivity contribution in [3.63, 3.8) is 0 Å². The van der Waals surface area contributed by atoms with E-state index in [-0.39, 0.29) is 21.3 Å². The molecular formula is C21H18N4O5S2. The average molecular weight is 471 g/mol. The van der Waals surface area contributed by atoms with E-state index in [2.05, 4.69) is 20.5 Å². The van der Waals surface area contributed by atoms with Gasteiger partial charge in [-0.3, -0.25) is 14.8 Å². The van der Waals surface area contributed by atoms with Gasteiger partial charge in [0, 0.05) is 11.4 Å². The van der Waals surface area contributed by atoms with Gasteiger partial charge in [0.1, 0.15) is 11.4 Å². The first-order valence-electron chi connectivity index (χ1n) is 9.14. The lowest BCUT2D eigenvalue weighted by molar-refractivity contribution is 0.0978. The molecule has 0 atom stereocenters. The third-order valence-corrected chi connectivity index (χ3v) is 5.84. The first-order chi connectivity index (χ1) is 15.3. The molecule has 1 amide bonds. The summed E-state index contributed by atoms with van der Waals surface area (Å²) in [4.78, 5) is 23.2. The van der Waals surface area contributed by atoms with Crippen LogP contribution in [-0.2, 0) is 10.0 Å². The Balaban J connectivity index is 1.63. The van der Waals surface area contributed by atoms with E-state index in [1.54, 1.807) is 36.4 Å². The molecule has 3 N–H and O–H groups in total. The van der Waals surface area contributed by atoms with Gasteiger partial charge >= 0.3 is 0 Å². The topological polar surface area (TPSA) is 126 Å². The molecule has 11 heteroatoms. The summed E-state index contributed by atoms with van der Waals surface area (Å²) in [5.74, 6) is 0.0120. The van der Waals surface area contributed by atoms with Crippen molar-refractivity contribution in [3.8, 4) is 5.75 Å². The summed E-state index contributed by atoms with van der Waals surface area (Å²) in [5, 5.41) is 8.02. The van der Waals surface area contributed by atoms with Gasteiger partial charge in [-0.15, -0.1) is 4.91 Å². The number of benzene rings is 3. The minimum absolute atomic E-state index is 0.00767. The Morgan fingerprint density at radius 1 is 0.938 bits per heavy atom.